The number of hydrogen-bond donors (Lipinski definition) is 3. The summed E-state index contributed by atoms with van der Waals surface area (Å²) < 4.78 is 13.5. The van der Waals surface area contributed by atoms with E-state index in [-0.39, 0.29) is 30.9 Å². The molecule has 53 heavy (non-hydrogen) atoms. The number of ether oxygens (including phenoxy) is 2. The number of hydrogen-bond acceptors (Lipinski definition) is 5. The Bertz CT molecular complexity index is 2120. The molecule has 2 amide bonds. The van der Waals surface area contributed by atoms with Crippen molar-refractivity contribution in [3.63, 3.8) is 0 Å². The second-order valence-electron chi connectivity index (χ2n) is 13.9. The van der Waals surface area contributed by atoms with Crippen molar-refractivity contribution >= 4 is 16.8 Å². The maximum atomic E-state index is 12.5. The predicted octanol–water partition coefficient (Wildman–Crippen LogP) is 9.24. The first-order valence-electron chi connectivity index (χ1n) is 18.4. The molecule has 270 valence electrons. The van der Waals surface area contributed by atoms with E-state index in [0.717, 1.165) is 45.5 Å². The summed E-state index contributed by atoms with van der Waals surface area (Å²) in [7, 11) is 2.16. The Morgan fingerprint density at radius 3 is 2.15 bits per heavy atom. The number of urea groups is 1. The third kappa shape index (κ3) is 9.20. The number of aliphatic hydroxyl groups is 1. The van der Waals surface area contributed by atoms with Crippen molar-refractivity contribution in [1.29, 1.82) is 0 Å². The van der Waals surface area contributed by atoms with Gasteiger partial charge in [0.05, 0.1) is 18.8 Å². The molecule has 1 saturated heterocycles. The van der Waals surface area contributed by atoms with Gasteiger partial charge >= 0.3 is 6.03 Å². The molecule has 0 saturated carbocycles. The molecule has 0 aromatic heterocycles. The Morgan fingerprint density at radius 2 is 1.38 bits per heavy atom. The van der Waals surface area contributed by atoms with Crippen LogP contribution in [0.2, 0.25) is 0 Å². The van der Waals surface area contributed by atoms with Crippen molar-refractivity contribution in [2.75, 3.05) is 13.6 Å². The molecule has 7 nitrogen and oxygen atoms in total. The zero-order valence-electron chi connectivity index (χ0n) is 30.3. The molecule has 1 fully saturated rings. The maximum absolute atomic E-state index is 12.5. The van der Waals surface area contributed by atoms with Gasteiger partial charge in [0.2, 0.25) is 0 Å². The van der Waals surface area contributed by atoms with E-state index in [1.165, 1.54) is 16.3 Å². The molecule has 3 N–H and O–H groups in total. The number of carbonyl (C=O) groups excluding carboxylic acids is 1. The lowest BCUT2D eigenvalue weighted by atomic mass is 9.97. The minimum absolute atomic E-state index is 0.00311. The van der Waals surface area contributed by atoms with Crippen LogP contribution in [-0.4, -0.2) is 35.7 Å². The summed E-state index contributed by atoms with van der Waals surface area (Å²) in [6.45, 7) is 3.86. The largest absolute Gasteiger partial charge is 0.392 e. The van der Waals surface area contributed by atoms with Crippen molar-refractivity contribution < 1.29 is 19.4 Å². The van der Waals surface area contributed by atoms with Gasteiger partial charge in [-0.3, -0.25) is 4.90 Å². The van der Waals surface area contributed by atoms with Gasteiger partial charge in [0.25, 0.3) is 0 Å². The summed E-state index contributed by atoms with van der Waals surface area (Å²) in [5.74, 6) is 0. The van der Waals surface area contributed by atoms with E-state index in [1.807, 2.05) is 60.7 Å². The van der Waals surface area contributed by atoms with Crippen LogP contribution in [0.15, 0.2) is 146 Å². The lowest BCUT2D eigenvalue weighted by Gasteiger charge is -2.39. The lowest BCUT2D eigenvalue weighted by Crippen LogP contribution is -2.38. The first kappa shape index (κ1) is 36.1. The van der Waals surface area contributed by atoms with Crippen LogP contribution in [0.1, 0.15) is 65.2 Å². The van der Waals surface area contributed by atoms with Gasteiger partial charge in [-0.15, -0.1) is 0 Å². The standard InChI is InChI=1S/C46H47N3O4/c1-32(38-23-22-36-13-6-7-14-40(36)25-38)49(2)30-43-27-44(37-20-18-34(31-50)19-21-37)53-45(52-43)42-17-9-16-41(26-42)39-15-8-12-35(24-39)29-48-46(51)47-28-33-10-4-3-5-11-33/h3-26,32,43-45,50H,27-31H2,1-2H3,(H2,47,48,51). The molecule has 6 aromatic rings. The molecule has 6 aromatic carbocycles. The lowest BCUT2D eigenvalue weighted by molar-refractivity contribution is -0.253. The summed E-state index contributed by atoms with van der Waals surface area (Å²) in [5.41, 5.74) is 8.28. The number of rotatable bonds is 12. The number of likely N-dealkylation sites (N-methyl/N-ethyl adjacent to an activating group) is 1. The van der Waals surface area contributed by atoms with Gasteiger partial charge in [0.15, 0.2) is 6.29 Å². The molecule has 4 atom stereocenters. The Hall–Kier alpha value is -5.31. The van der Waals surface area contributed by atoms with E-state index < -0.39 is 6.29 Å². The third-order valence-electron chi connectivity index (χ3n) is 10.2. The Kier molecular flexibility index (Phi) is 11.6. The van der Waals surface area contributed by atoms with E-state index >= 15 is 0 Å². The van der Waals surface area contributed by atoms with E-state index in [9.17, 15) is 9.90 Å². The molecule has 7 heteroatoms. The van der Waals surface area contributed by atoms with Crippen LogP contribution in [-0.2, 0) is 29.2 Å². The highest BCUT2D eigenvalue weighted by molar-refractivity contribution is 5.83. The molecule has 1 aliphatic rings. The first-order chi connectivity index (χ1) is 25.9. The second-order valence-corrected chi connectivity index (χ2v) is 13.9. The molecular formula is C46H47N3O4. The smallest absolute Gasteiger partial charge is 0.315 e. The van der Waals surface area contributed by atoms with Gasteiger partial charge in [-0.25, -0.2) is 4.79 Å². The fourth-order valence-corrected chi connectivity index (χ4v) is 6.98. The quantitative estimate of drug-likeness (QED) is 0.118. The highest BCUT2D eigenvalue weighted by Gasteiger charge is 2.33. The number of nitrogens with zero attached hydrogens (tertiary/aromatic N) is 1. The van der Waals surface area contributed by atoms with Gasteiger partial charge in [0.1, 0.15) is 0 Å². The Labute approximate surface area is 312 Å². The molecule has 0 spiro atoms. The fraction of sp³-hybridized carbons (Fsp3) is 0.239. The molecule has 7 rings (SSSR count). The van der Waals surface area contributed by atoms with Crippen LogP contribution in [0, 0.1) is 0 Å². The number of amides is 2. The monoisotopic (exact) mass is 705 g/mol. The zero-order chi connectivity index (χ0) is 36.6. The fourth-order valence-electron chi connectivity index (χ4n) is 6.98. The number of aliphatic hydroxyl groups excluding tert-OH is 1. The van der Waals surface area contributed by atoms with Gasteiger partial charge in [0, 0.05) is 37.7 Å². The van der Waals surface area contributed by atoms with Crippen molar-refractivity contribution in [2.24, 2.45) is 0 Å². The van der Waals surface area contributed by atoms with E-state index in [4.69, 9.17) is 9.47 Å². The third-order valence-corrected chi connectivity index (χ3v) is 10.2. The number of carbonyl (C=O) groups is 1. The van der Waals surface area contributed by atoms with Gasteiger partial charge in [-0.2, -0.15) is 0 Å². The molecular weight excluding hydrogens is 659 g/mol. The molecule has 1 aliphatic heterocycles. The average molecular weight is 706 g/mol. The highest BCUT2D eigenvalue weighted by Crippen LogP contribution is 2.39. The van der Waals surface area contributed by atoms with Crippen LogP contribution in [0.5, 0.6) is 0 Å². The normalized spacial score (nSPS) is 17.8. The zero-order valence-corrected chi connectivity index (χ0v) is 30.3. The SMILES string of the molecule is CC(c1ccc2ccccc2c1)N(C)CC1CC(c2ccc(CO)cc2)OC(c2cccc(-c3cccc(CNC(=O)NCc4ccccc4)c3)c2)O1. The second kappa shape index (κ2) is 17.0. The van der Waals surface area contributed by atoms with Gasteiger partial charge in [-0.05, 0) is 81.9 Å². The van der Waals surface area contributed by atoms with Crippen molar-refractivity contribution in [3.8, 4) is 11.1 Å². The van der Waals surface area contributed by atoms with E-state index in [1.54, 1.807) is 0 Å². The molecule has 4 unspecified atom stereocenters. The maximum Gasteiger partial charge on any atom is 0.315 e. The summed E-state index contributed by atoms with van der Waals surface area (Å²) in [5, 5.41) is 18.0. The average Bonchev–Trinajstić information content (AvgIpc) is 3.22. The summed E-state index contributed by atoms with van der Waals surface area (Å²) in [4.78, 5) is 14.9. The van der Waals surface area contributed by atoms with Crippen LogP contribution in [0.3, 0.4) is 0 Å². The van der Waals surface area contributed by atoms with Crippen LogP contribution >= 0.6 is 0 Å². The van der Waals surface area contributed by atoms with Crippen molar-refractivity contribution in [3.05, 3.63) is 179 Å². The Balaban J connectivity index is 1.06. The van der Waals surface area contributed by atoms with Crippen LogP contribution < -0.4 is 10.6 Å². The van der Waals surface area contributed by atoms with Crippen LogP contribution in [0.25, 0.3) is 21.9 Å². The summed E-state index contributed by atoms with van der Waals surface area (Å²) >= 11 is 0. The molecule has 0 radical (unpaired) electrons. The summed E-state index contributed by atoms with van der Waals surface area (Å²) in [6.07, 6.45) is -0.131. The van der Waals surface area contributed by atoms with Crippen LogP contribution in [0.4, 0.5) is 4.79 Å². The number of nitrogens with one attached hydrogen (secondary N) is 2. The number of benzene rings is 6. The van der Waals surface area contributed by atoms with Crippen molar-refractivity contribution in [1.82, 2.24) is 15.5 Å². The minimum atomic E-state index is -0.571. The number of fused-ring (bicyclic) bond motifs is 1. The minimum Gasteiger partial charge on any atom is -0.392 e. The topological polar surface area (TPSA) is 83.1 Å². The molecule has 1 heterocycles. The molecule has 0 bridgehead atoms. The highest BCUT2D eigenvalue weighted by atomic mass is 16.7. The van der Waals surface area contributed by atoms with Gasteiger partial charge < -0.3 is 25.2 Å². The predicted molar refractivity (Wildman–Crippen MR) is 211 cm³/mol. The Morgan fingerprint density at radius 1 is 0.698 bits per heavy atom. The van der Waals surface area contributed by atoms with E-state index in [2.05, 4.69) is 114 Å². The van der Waals surface area contributed by atoms with E-state index in [0.29, 0.717) is 19.5 Å². The summed E-state index contributed by atoms with van der Waals surface area (Å²) in [6, 6.07) is 49.6. The van der Waals surface area contributed by atoms with Gasteiger partial charge in [-0.1, -0.05) is 127 Å². The first-order valence-corrected chi connectivity index (χ1v) is 18.4. The molecule has 0 aliphatic carbocycles. The van der Waals surface area contributed by atoms with Crippen molar-refractivity contribution in [2.45, 2.75) is 57.6 Å².